The summed E-state index contributed by atoms with van der Waals surface area (Å²) in [5, 5.41) is -6.08. The van der Waals surface area contributed by atoms with Crippen LogP contribution in [0.5, 0.6) is 0 Å². The van der Waals surface area contributed by atoms with Gasteiger partial charge in [-0.1, -0.05) is 6.92 Å². The zero-order valence-corrected chi connectivity index (χ0v) is 15.0. The van der Waals surface area contributed by atoms with Gasteiger partial charge in [0.2, 0.25) is 0 Å². The molecule has 0 bridgehead atoms. The molecule has 1 N–H and O–H groups in total. The van der Waals surface area contributed by atoms with Crippen LogP contribution in [-0.2, 0) is 33.9 Å². The lowest BCUT2D eigenvalue weighted by Crippen LogP contribution is -2.58. The molecule has 0 rings (SSSR count). The molecule has 8 nitrogen and oxygen atoms in total. The van der Waals surface area contributed by atoms with Crippen LogP contribution in [0, 0.1) is 0 Å². The third-order valence-electron chi connectivity index (χ3n) is 2.93. The maximum absolute atomic E-state index is 13.4. The normalized spacial score (nSPS) is 15.6. The van der Waals surface area contributed by atoms with Crippen LogP contribution >= 0.6 is 0 Å². The number of carbonyl (C=O) groups is 2. The Balaban J connectivity index is 5.80. The SMILES string of the molecule is CCOC(=O)C(OCCC(F)(F)C(F)(F)S(=O)(=O)O)(OC(=O)CC)C(F)(F)F. The van der Waals surface area contributed by atoms with Crippen molar-refractivity contribution in [1.29, 1.82) is 0 Å². The summed E-state index contributed by atoms with van der Waals surface area (Å²) in [6.07, 6.45) is -9.02. The van der Waals surface area contributed by atoms with Crippen molar-refractivity contribution in [2.75, 3.05) is 13.2 Å². The highest BCUT2D eigenvalue weighted by atomic mass is 32.2. The predicted octanol–water partition coefficient (Wildman–Crippen LogP) is 2.28. The molecule has 0 aromatic carbocycles. The zero-order chi connectivity index (χ0) is 22.6. The first kappa shape index (κ1) is 26.3. The Morgan fingerprint density at radius 1 is 1.00 bits per heavy atom. The van der Waals surface area contributed by atoms with Gasteiger partial charge in [0.25, 0.3) is 0 Å². The molecule has 0 aromatic rings. The maximum atomic E-state index is 13.4. The van der Waals surface area contributed by atoms with Gasteiger partial charge in [-0.3, -0.25) is 9.35 Å². The highest BCUT2D eigenvalue weighted by molar-refractivity contribution is 7.87. The van der Waals surface area contributed by atoms with Gasteiger partial charge in [0.15, 0.2) is 0 Å². The molecule has 28 heavy (non-hydrogen) atoms. The second-order valence-corrected chi connectivity index (χ2v) is 6.42. The Morgan fingerprint density at radius 2 is 1.50 bits per heavy atom. The third kappa shape index (κ3) is 5.44. The molecule has 0 saturated heterocycles. The van der Waals surface area contributed by atoms with Gasteiger partial charge in [0.1, 0.15) is 0 Å². The van der Waals surface area contributed by atoms with E-state index in [1.807, 2.05) is 0 Å². The summed E-state index contributed by atoms with van der Waals surface area (Å²) in [6.45, 7) is -0.689. The summed E-state index contributed by atoms with van der Waals surface area (Å²) < 4.78 is 134. The predicted molar refractivity (Wildman–Crippen MR) is 73.8 cm³/mol. The minimum absolute atomic E-state index is 0.694. The van der Waals surface area contributed by atoms with Crippen molar-refractivity contribution >= 4 is 22.1 Å². The lowest BCUT2D eigenvalue weighted by atomic mass is 10.2. The molecule has 0 aromatic heterocycles. The highest BCUT2D eigenvalue weighted by Gasteiger charge is 2.69. The van der Waals surface area contributed by atoms with Crippen LogP contribution in [0.25, 0.3) is 0 Å². The van der Waals surface area contributed by atoms with E-state index in [2.05, 4.69) is 14.2 Å². The van der Waals surface area contributed by atoms with E-state index in [0.717, 1.165) is 13.8 Å². The second-order valence-electron chi connectivity index (χ2n) is 4.96. The monoisotopic (exact) mass is 452 g/mol. The van der Waals surface area contributed by atoms with Crippen LogP contribution in [0.1, 0.15) is 26.7 Å². The van der Waals surface area contributed by atoms with Crippen molar-refractivity contribution in [3.63, 3.8) is 0 Å². The standard InChI is InChI=1S/C12H15F7O8S/c1-3-7(20)27-10(11(15,16)17,8(21)25-4-2)26-6-5-9(13,14)12(18,19)28(22,23)24/h3-6H2,1-2H3,(H,22,23,24). The number of rotatable bonds is 10. The van der Waals surface area contributed by atoms with E-state index in [4.69, 9.17) is 4.55 Å². The molecule has 0 heterocycles. The van der Waals surface area contributed by atoms with E-state index in [0.29, 0.717) is 0 Å². The quantitative estimate of drug-likeness (QED) is 0.232. The topological polar surface area (TPSA) is 116 Å². The number of hydrogen-bond donors (Lipinski definition) is 1. The van der Waals surface area contributed by atoms with Crippen LogP contribution in [-0.4, -0.2) is 61.3 Å². The Hall–Kier alpha value is -1.68. The molecule has 0 amide bonds. The average molecular weight is 452 g/mol. The van der Waals surface area contributed by atoms with Crippen LogP contribution in [0.4, 0.5) is 30.7 Å². The molecule has 0 fully saturated rings. The number of hydrogen-bond acceptors (Lipinski definition) is 7. The molecule has 0 saturated carbocycles. The number of esters is 2. The summed E-state index contributed by atoms with van der Waals surface area (Å²) in [5.74, 6) is -14.2. The fourth-order valence-corrected chi connectivity index (χ4v) is 1.98. The molecular weight excluding hydrogens is 437 g/mol. The summed E-state index contributed by atoms with van der Waals surface area (Å²) in [4.78, 5) is 22.9. The second kappa shape index (κ2) is 8.77. The Bertz CT molecular complexity index is 676. The van der Waals surface area contributed by atoms with Crippen molar-refractivity contribution in [2.45, 2.75) is 49.8 Å². The van der Waals surface area contributed by atoms with Gasteiger partial charge in [-0.25, -0.2) is 4.79 Å². The lowest BCUT2D eigenvalue weighted by molar-refractivity contribution is -0.358. The van der Waals surface area contributed by atoms with Crippen molar-refractivity contribution in [3.8, 4) is 0 Å². The van der Waals surface area contributed by atoms with E-state index in [1.165, 1.54) is 0 Å². The van der Waals surface area contributed by atoms with Crippen LogP contribution in [0.3, 0.4) is 0 Å². The summed E-state index contributed by atoms with van der Waals surface area (Å²) in [6, 6.07) is 0. The molecule has 0 aliphatic rings. The third-order valence-corrected chi connectivity index (χ3v) is 3.88. The highest BCUT2D eigenvalue weighted by Crippen LogP contribution is 2.42. The van der Waals surface area contributed by atoms with Gasteiger partial charge in [-0.2, -0.15) is 39.2 Å². The minimum atomic E-state index is -6.64. The van der Waals surface area contributed by atoms with Gasteiger partial charge < -0.3 is 14.2 Å². The summed E-state index contributed by atoms with van der Waals surface area (Å²) >= 11 is 0. The zero-order valence-electron chi connectivity index (χ0n) is 14.2. The van der Waals surface area contributed by atoms with E-state index < -0.39 is 71.3 Å². The molecule has 0 spiro atoms. The van der Waals surface area contributed by atoms with Crippen molar-refractivity contribution in [2.24, 2.45) is 0 Å². The van der Waals surface area contributed by atoms with Crippen LogP contribution in [0.15, 0.2) is 0 Å². The van der Waals surface area contributed by atoms with E-state index in [1.54, 1.807) is 0 Å². The Labute approximate surface area is 153 Å². The van der Waals surface area contributed by atoms with Gasteiger partial charge in [-0.15, -0.1) is 0 Å². The molecule has 0 aliphatic heterocycles. The number of alkyl halides is 7. The maximum Gasteiger partial charge on any atom is 0.468 e. The molecule has 1 unspecified atom stereocenters. The Morgan fingerprint density at radius 3 is 1.86 bits per heavy atom. The summed E-state index contributed by atoms with van der Waals surface area (Å²) in [7, 11) is -6.64. The van der Waals surface area contributed by atoms with E-state index in [9.17, 15) is 48.7 Å². The van der Waals surface area contributed by atoms with E-state index in [-0.39, 0.29) is 0 Å². The molecule has 16 heteroatoms. The largest absolute Gasteiger partial charge is 0.468 e. The molecular formula is C12H15F7O8S. The Kier molecular flexibility index (Phi) is 8.25. The van der Waals surface area contributed by atoms with Gasteiger partial charge >= 0.3 is 45.2 Å². The lowest BCUT2D eigenvalue weighted by Gasteiger charge is -2.32. The fourth-order valence-electron chi connectivity index (χ4n) is 1.50. The molecule has 0 aliphatic carbocycles. The minimum Gasteiger partial charge on any atom is -0.461 e. The first-order valence-electron chi connectivity index (χ1n) is 7.22. The van der Waals surface area contributed by atoms with Gasteiger partial charge in [0, 0.05) is 12.8 Å². The van der Waals surface area contributed by atoms with Crippen molar-refractivity contribution in [3.05, 3.63) is 0 Å². The number of halogens is 7. The molecule has 1 atom stereocenters. The average Bonchev–Trinajstić information content (AvgIpc) is 2.51. The first-order chi connectivity index (χ1) is 12.4. The van der Waals surface area contributed by atoms with Crippen molar-refractivity contribution in [1.82, 2.24) is 0 Å². The van der Waals surface area contributed by atoms with Gasteiger partial charge in [-0.05, 0) is 6.92 Å². The van der Waals surface area contributed by atoms with Gasteiger partial charge in [0.05, 0.1) is 13.2 Å². The fraction of sp³-hybridized carbons (Fsp3) is 0.833. The number of carbonyl (C=O) groups excluding carboxylic acids is 2. The van der Waals surface area contributed by atoms with E-state index >= 15 is 0 Å². The number of ether oxygens (including phenoxy) is 3. The van der Waals surface area contributed by atoms with Crippen LogP contribution < -0.4 is 0 Å². The smallest absolute Gasteiger partial charge is 0.461 e. The van der Waals surface area contributed by atoms with Crippen LogP contribution in [0.2, 0.25) is 0 Å². The first-order valence-corrected chi connectivity index (χ1v) is 8.66. The van der Waals surface area contributed by atoms with Crippen molar-refractivity contribution < 1.29 is 67.5 Å². The summed E-state index contributed by atoms with van der Waals surface area (Å²) in [5.41, 5.74) is 0. The molecule has 0 radical (unpaired) electrons. The molecule has 166 valence electrons.